The Kier molecular flexibility index (Phi) is 3.99. The molecule has 70 valence electrons. The van der Waals surface area contributed by atoms with Crippen molar-refractivity contribution in [3.05, 3.63) is 22.8 Å². The number of hydrogen-bond donors (Lipinski definition) is 2. The summed E-state index contributed by atoms with van der Waals surface area (Å²) < 4.78 is 29.4. The van der Waals surface area contributed by atoms with Crippen molar-refractivity contribution in [3.63, 3.8) is 0 Å². The van der Waals surface area contributed by atoms with Crippen molar-refractivity contribution in [2.75, 3.05) is 0 Å². The van der Waals surface area contributed by atoms with Crippen LogP contribution in [0.15, 0.2) is 22.8 Å². The maximum atomic E-state index is 10.4. The molecule has 0 amide bonds. The van der Waals surface area contributed by atoms with Crippen molar-refractivity contribution >= 4 is 10.1 Å². The fraction of sp³-hybridized carbons (Fsp3) is 0.429. The number of rotatable bonds is 3. The van der Waals surface area contributed by atoms with E-state index in [0.717, 1.165) is 0 Å². The van der Waals surface area contributed by atoms with Crippen LogP contribution in [0.4, 0.5) is 0 Å². The highest BCUT2D eigenvalue weighted by Gasteiger charge is 2.05. The van der Waals surface area contributed by atoms with E-state index in [-0.39, 0.29) is 4.91 Å². The van der Waals surface area contributed by atoms with Crippen molar-refractivity contribution < 1.29 is 13.0 Å². The number of allylic oxidation sites excluding steroid dienone is 4. The molecule has 0 heterocycles. The van der Waals surface area contributed by atoms with E-state index in [9.17, 15) is 8.42 Å². The quantitative estimate of drug-likeness (QED) is 0.515. The first-order valence-corrected chi connectivity index (χ1v) is 4.92. The van der Waals surface area contributed by atoms with Gasteiger partial charge in [-0.15, -0.1) is 0 Å². The third-order valence-electron chi connectivity index (χ3n) is 1.35. The molecule has 0 unspecified atom stereocenters. The van der Waals surface area contributed by atoms with Crippen LogP contribution in [0.1, 0.15) is 20.3 Å². The van der Waals surface area contributed by atoms with Crippen LogP contribution in [-0.4, -0.2) is 13.0 Å². The summed E-state index contributed by atoms with van der Waals surface area (Å²) in [5.41, 5.74) is 5.97. The van der Waals surface area contributed by atoms with Crippen molar-refractivity contribution in [3.8, 4) is 0 Å². The van der Waals surface area contributed by atoms with Gasteiger partial charge in [-0.2, -0.15) is 8.42 Å². The van der Waals surface area contributed by atoms with E-state index in [1.807, 2.05) is 6.92 Å². The Balaban J connectivity index is 4.62. The minimum atomic E-state index is -4.05. The molecule has 0 radical (unpaired) electrons. The van der Waals surface area contributed by atoms with Crippen LogP contribution >= 0.6 is 0 Å². The molecular weight excluding hydrogens is 178 g/mol. The molecule has 0 aromatic heterocycles. The molecule has 0 saturated heterocycles. The van der Waals surface area contributed by atoms with Crippen molar-refractivity contribution in [1.82, 2.24) is 0 Å². The molecule has 0 rings (SSSR count). The fourth-order valence-electron chi connectivity index (χ4n) is 0.428. The Hall–Kier alpha value is -0.810. The molecule has 0 aromatic carbocycles. The lowest BCUT2D eigenvalue weighted by Crippen LogP contribution is -1.98. The van der Waals surface area contributed by atoms with Gasteiger partial charge in [0.25, 0.3) is 10.1 Å². The summed E-state index contributed by atoms with van der Waals surface area (Å²) in [6, 6.07) is 0. The van der Waals surface area contributed by atoms with Gasteiger partial charge in [0, 0.05) is 5.70 Å². The molecule has 0 saturated carbocycles. The van der Waals surface area contributed by atoms with Crippen LogP contribution in [0.3, 0.4) is 0 Å². The first-order chi connectivity index (χ1) is 5.38. The van der Waals surface area contributed by atoms with E-state index in [4.69, 9.17) is 10.3 Å². The zero-order chi connectivity index (χ0) is 9.78. The molecule has 0 aromatic rings. The summed E-state index contributed by atoms with van der Waals surface area (Å²) in [7, 11) is -4.05. The topological polar surface area (TPSA) is 80.4 Å². The maximum Gasteiger partial charge on any atom is 0.290 e. The molecule has 0 spiro atoms. The SMILES string of the molecule is CC/C(N)=C\C=C(/C)S(=O)(=O)O. The van der Waals surface area contributed by atoms with Gasteiger partial charge in [0.1, 0.15) is 0 Å². The Labute approximate surface area is 72.5 Å². The summed E-state index contributed by atoms with van der Waals surface area (Å²) >= 11 is 0. The van der Waals surface area contributed by atoms with Gasteiger partial charge in [0.2, 0.25) is 0 Å². The second-order valence-corrected chi connectivity index (χ2v) is 3.94. The summed E-state index contributed by atoms with van der Waals surface area (Å²) in [6.07, 6.45) is 3.38. The Bertz CT molecular complexity index is 301. The van der Waals surface area contributed by atoms with Crippen molar-refractivity contribution in [2.24, 2.45) is 5.73 Å². The third kappa shape index (κ3) is 4.15. The highest BCUT2D eigenvalue weighted by atomic mass is 32.2. The van der Waals surface area contributed by atoms with Gasteiger partial charge in [-0.25, -0.2) is 0 Å². The molecule has 4 nitrogen and oxygen atoms in total. The average Bonchev–Trinajstić information content (AvgIpc) is 1.97. The first kappa shape index (κ1) is 11.2. The Morgan fingerprint density at radius 1 is 1.50 bits per heavy atom. The smallest absolute Gasteiger partial charge is 0.290 e. The van der Waals surface area contributed by atoms with E-state index < -0.39 is 10.1 Å². The molecule has 0 bridgehead atoms. The predicted molar refractivity (Wildman–Crippen MR) is 47.9 cm³/mol. The number of hydrogen-bond acceptors (Lipinski definition) is 3. The molecule has 0 atom stereocenters. The van der Waals surface area contributed by atoms with Crippen molar-refractivity contribution in [2.45, 2.75) is 20.3 Å². The van der Waals surface area contributed by atoms with Crippen LogP contribution < -0.4 is 5.73 Å². The molecule has 0 fully saturated rings. The Morgan fingerprint density at radius 2 is 2.00 bits per heavy atom. The van der Waals surface area contributed by atoms with Crippen LogP contribution in [0, 0.1) is 0 Å². The van der Waals surface area contributed by atoms with Crippen molar-refractivity contribution in [1.29, 1.82) is 0 Å². The summed E-state index contributed by atoms with van der Waals surface area (Å²) in [5.74, 6) is 0. The van der Waals surface area contributed by atoms with Gasteiger partial charge < -0.3 is 5.73 Å². The molecule has 0 aliphatic carbocycles. The highest BCUT2D eigenvalue weighted by molar-refractivity contribution is 7.89. The summed E-state index contributed by atoms with van der Waals surface area (Å²) in [5, 5.41) is 0. The molecule has 3 N–H and O–H groups in total. The lowest BCUT2D eigenvalue weighted by atomic mass is 10.3. The van der Waals surface area contributed by atoms with E-state index in [2.05, 4.69) is 0 Å². The van der Waals surface area contributed by atoms with E-state index >= 15 is 0 Å². The molecular formula is C7H13NO3S. The lowest BCUT2D eigenvalue weighted by Gasteiger charge is -1.94. The number of nitrogens with two attached hydrogens (primary N) is 1. The lowest BCUT2D eigenvalue weighted by molar-refractivity contribution is 0.491. The van der Waals surface area contributed by atoms with Crippen LogP contribution in [-0.2, 0) is 10.1 Å². The molecule has 5 heteroatoms. The van der Waals surface area contributed by atoms with Gasteiger partial charge in [-0.05, 0) is 25.5 Å². The molecule has 0 aliphatic rings. The average molecular weight is 191 g/mol. The highest BCUT2D eigenvalue weighted by Crippen LogP contribution is 2.03. The van der Waals surface area contributed by atoms with Gasteiger partial charge in [-0.3, -0.25) is 4.55 Å². The predicted octanol–water partition coefficient (Wildman–Crippen LogP) is 1.03. The minimum Gasteiger partial charge on any atom is -0.402 e. The van der Waals surface area contributed by atoms with E-state index in [0.29, 0.717) is 12.1 Å². The van der Waals surface area contributed by atoms with Crippen LogP contribution in [0.25, 0.3) is 0 Å². The standard InChI is InChI=1S/C7H13NO3S/c1-3-7(8)5-4-6(2)12(9,10)11/h4-5H,3,8H2,1-2H3,(H,9,10,11)/b6-4+,7-5+. The first-order valence-electron chi connectivity index (χ1n) is 3.48. The summed E-state index contributed by atoms with van der Waals surface area (Å²) in [6.45, 7) is 3.15. The van der Waals surface area contributed by atoms with E-state index in [1.165, 1.54) is 19.1 Å². The van der Waals surface area contributed by atoms with Gasteiger partial charge in [0.15, 0.2) is 0 Å². The zero-order valence-electron chi connectivity index (χ0n) is 7.11. The zero-order valence-corrected chi connectivity index (χ0v) is 7.93. The van der Waals surface area contributed by atoms with Gasteiger partial charge in [0.05, 0.1) is 4.91 Å². The minimum absolute atomic E-state index is 0.112. The molecule has 0 aliphatic heterocycles. The third-order valence-corrected chi connectivity index (χ3v) is 2.30. The second kappa shape index (κ2) is 4.27. The molecule has 12 heavy (non-hydrogen) atoms. The Morgan fingerprint density at radius 3 is 2.33 bits per heavy atom. The largest absolute Gasteiger partial charge is 0.402 e. The maximum absolute atomic E-state index is 10.4. The monoisotopic (exact) mass is 191 g/mol. The fourth-order valence-corrected chi connectivity index (χ4v) is 0.668. The normalized spacial score (nSPS) is 14.9. The van der Waals surface area contributed by atoms with E-state index in [1.54, 1.807) is 0 Å². The van der Waals surface area contributed by atoms with Gasteiger partial charge >= 0.3 is 0 Å². The second-order valence-electron chi connectivity index (χ2n) is 2.35. The van der Waals surface area contributed by atoms with Crippen LogP contribution in [0.5, 0.6) is 0 Å². The summed E-state index contributed by atoms with van der Waals surface area (Å²) in [4.78, 5) is -0.112. The van der Waals surface area contributed by atoms with Crippen LogP contribution in [0.2, 0.25) is 0 Å². The van der Waals surface area contributed by atoms with Gasteiger partial charge in [-0.1, -0.05) is 6.92 Å².